The highest BCUT2D eigenvalue weighted by molar-refractivity contribution is 7.12. The third kappa shape index (κ3) is 1.12. The maximum absolute atomic E-state index is 4.41. The Labute approximate surface area is 69.1 Å². The monoisotopic (exact) mass is 164 g/mol. The molecule has 0 radical (unpaired) electrons. The lowest BCUT2D eigenvalue weighted by atomic mass is 10.3. The second kappa shape index (κ2) is 2.58. The SMILES string of the molecule is CCc1ccc2cnsc2n1. The first-order valence-corrected chi connectivity index (χ1v) is 4.38. The Kier molecular flexibility index (Phi) is 1.58. The summed E-state index contributed by atoms with van der Waals surface area (Å²) < 4.78 is 4.06. The van der Waals surface area contributed by atoms with Gasteiger partial charge in [0, 0.05) is 11.1 Å². The summed E-state index contributed by atoms with van der Waals surface area (Å²) in [5, 5.41) is 1.15. The standard InChI is InChI=1S/C8H8N2S/c1-2-7-4-3-6-5-9-11-8(6)10-7/h3-5H,2H2,1H3. The van der Waals surface area contributed by atoms with E-state index in [1.165, 1.54) is 11.5 Å². The van der Waals surface area contributed by atoms with Crippen LogP contribution in [0.3, 0.4) is 0 Å². The fraction of sp³-hybridized carbons (Fsp3) is 0.250. The van der Waals surface area contributed by atoms with E-state index in [9.17, 15) is 0 Å². The molecule has 3 heteroatoms. The van der Waals surface area contributed by atoms with Crippen molar-refractivity contribution in [3.05, 3.63) is 24.0 Å². The van der Waals surface area contributed by atoms with Crippen molar-refractivity contribution < 1.29 is 0 Å². The van der Waals surface area contributed by atoms with Gasteiger partial charge in [0.05, 0.1) is 6.20 Å². The number of rotatable bonds is 1. The summed E-state index contributed by atoms with van der Waals surface area (Å²) in [4.78, 5) is 5.46. The van der Waals surface area contributed by atoms with E-state index >= 15 is 0 Å². The molecule has 2 aromatic heterocycles. The second-order valence-corrected chi connectivity index (χ2v) is 3.16. The summed E-state index contributed by atoms with van der Waals surface area (Å²) in [6, 6.07) is 4.13. The van der Waals surface area contributed by atoms with Gasteiger partial charge in [-0.25, -0.2) is 4.98 Å². The molecule has 0 atom stereocenters. The molecule has 0 amide bonds. The van der Waals surface area contributed by atoms with Crippen molar-refractivity contribution >= 4 is 21.7 Å². The van der Waals surface area contributed by atoms with E-state index in [1.807, 2.05) is 6.20 Å². The number of pyridine rings is 1. The topological polar surface area (TPSA) is 25.8 Å². The Morgan fingerprint density at radius 3 is 3.18 bits per heavy atom. The minimum atomic E-state index is 0.994. The van der Waals surface area contributed by atoms with Crippen LogP contribution in [0, 0.1) is 0 Å². The molecule has 0 aliphatic rings. The third-order valence-corrected chi connectivity index (χ3v) is 2.35. The third-order valence-electron chi connectivity index (χ3n) is 1.64. The molecule has 0 fully saturated rings. The second-order valence-electron chi connectivity index (χ2n) is 2.38. The quantitative estimate of drug-likeness (QED) is 0.646. The Hall–Kier alpha value is -0.960. The van der Waals surface area contributed by atoms with Crippen LogP contribution in [-0.2, 0) is 6.42 Å². The molecule has 0 spiro atoms. The van der Waals surface area contributed by atoms with Crippen LogP contribution in [0.2, 0.25) is 0 Å². The van der Waals surface area contributed by atoms with Crippen molar-refractivity contribution in [2.75, 3.05) is 0 Å². The Morgan fingerprint density at radius 1 is 1.45 bits per heavy atom. The van der Waals surface area contributed by atoms with Crippen LogP contribution in [-0.4, -0.2) is 9.36 Å². The molecule has 0 bridgehead atoms. The van der Waals surface area contributed by atoms with Gasteiger partial charge in [-0.15, -0.1) is 0 Å². The highest BCUT2D eigenvalue weighted by atomic mass is 32.1. The maximum atomic E-state index is 4.41. The van der Waals surface area contributed by atoms with E-state index in [1.54, 1.807) is 0 Å². The van der Waals surface area contributed by atoms with Gasteiger partial charge in [-0.2, -0.15) is 4.37 Å². The van der Waals surface area contributed by atoms with E-state index in [-0.39, 0.29) is 0 Å². The van der Waals surface area contributed by atoms with Gasteiger partial charge in [0.25, 0.3) is 0 Å². The van der Waals surface area contributed by atoms with Crippen LogP contribution in [0.15, 0.2) is 18.3 Å². The Morgan fingerprint density at radius 2 is 2.36 bits per heavy atom. The number of hydrogen-bond acceptors (Lipinski definition) is 3. The fourth-order valence-corrected chi connectivity index (χ4v) is 1.64. The van der Waals surface area contributed by atoms with E-state index < -0.39 is 0 Å². The van der Waals surface area contributed by atoms with Gasteiger partial charge in [-0.1, -0.05) is 6.92 Å². The molecule has 2 aromatic rings. The lowest BCUT2D eigenvalue weighted by molar-refractivity contribution is 1.06. The largest absolute Gasteiger partial charge is 0.240 e. The number of aryl methyl sites for hydroxylation is 1. The average molecular weight is 164 g/mol. The highest BCUT2D eigenvalue weighted by Gasteiger charge is 1.97. The molecule has 0 saturated heterocycles. The minimum absolute atomic E-state index is 0.994. The van der Waals surface area contributed by atoms with Crippen LogP contribution in [0.4, 0.5) is 0 Å². The summed E-state index contributed by atoms with van der Waals surface area (Å²) in [5.41, 5.74) is 1.14. The Balaban J connectivity index is 2.67. The van der Waals surface area contributed by atoms with Crippen molar-refractivity contribution in [1.29, 1.82) is 0 Å². The summed E-state index contributed by atoms with van der Waals surface area (Å²) in [7, 11) is 0. The lowest BCUT2D eigenvalue weighted by Crippen LogP contribution is -1.83. The number of nitrogens with zero attached hydrogens (tertiary/aromatic N) is 2. The molecule has 2 heterocycles. The fourth-order valence-electron chi connectivity index (χ4n) is 0.991. The van der Waals surface area contributed by atoms with Crippen molar-refractivity contribution in [2.24, 2.45) is 0 Å². The molecule has 0 N–H and O–H groups in total. The maximum Gasteiger partial charge on any atom is 0.143 e. The van der Waals surface area contributed by atoms with Crippen LogP contribution in [0.1, 0.15) is 12.6 Å². The zero-order valence-electron chi connectivity index (χ0n) is 6.24. The van der Waals surface area contributed by atoms with Gasteiger partial charge in [0.1, 0.15) is 4.83 Å². The molecular weight excluding hydrogens is 156 g/mol. The van der Waals surface area contributed by atoms with Gasteiger partial charge < -0.3 is 0 Å². The van der Waals surface area contributed by atoms with Crippen molar-refractivity contribution in [2.45, 2.75) is 13.3 Å². The first kappa shape index (κ1) is 6.73. The smallest absolute Gasteiger partial charge is 0.143 e. The molecule has 0 unspecified atom stereocenters. The molecule has 0 saturated carbocycles. The summed E-state index contributed by atoms with van der Waals surface area (Å²) in [6.45, 7) is 2.11. The number of fused-ring (bicyclic) bond motifs is 1. The zero-order chi connectivity index (χ0) is 7.68. The molecule has 11 heavy (non-hydrogen) atoms. The first-order chi connectivity index (χ1) is 5.40. The van der Waals surface area contributed by atoms with Crippen LogP contribution < -0.4 is 0 Å². The van der Waals surface area contributed by atoms with Gasteiger partial charge in [0.2, 0.25) is 0 Å². The van der Waals surface area contributed by atoms with Crippen LogP contribution in [0.5, 0.6) is 0 Å². The predicted molar refractivity (Wildman–Crippen MR) is 46.8 cm³/mol. The van der Waals surface area contributed by atoms with Gasteiger partial charge in [-0.3, -0.25) is 0 Å². The number of hydrogen-bond donors (Lipinski definition) is 0. The summed E-state index contributed by atoms with van der Waals surface area (Å²) in [6.07, 6.45) is 2.85. The van der Waals surface area contributed by atoms with E-state index in [4.69, 9.17) is 0 Å². The van der Waals surface area contributed by atoms with Crippen molar-refractivity contribution in [3.8, 4) is 0 Å². The molecular formula is C8H8N2S. The zero-order valence-corrected chi connectivity index (χ0v) is 7.06. The number of aromatic nitrogens is 2. The van der Waals surface area contributed by atoms with Crippen molar-refractivity contribution in [1.82, 2.24) is 9.36 Å². The van der Waals surface area contributed by atoms with Gasteiger partial charge in [0.15, 0.2) is 0 Å². The average Bonchev–Trinajstić information content (AvgIpc) is 2.50. The normalized spacial score (nSPS) is 10.6. The molecule has 2 nitrogen and oxygen atoms in total. The minimum Gasteiger partial charge on any atom is -0.240 e. The van der Waals surface area contributed by atoms with E-state index in [0.29, 0.717) is 0 Å². The lowest BCUT2D eigenvalue weighted by Gasteiger charge is -1.92. The molecule has 56 valence electrons. The molecule has 0 aliphatic carbocycles. The van der Waals surface area contributed by atoms with Gasteiger partial charge >= 0.3 is 0 Å². The molecule has 0 aromatic carbocycles. The highest BCUT2D eigenvalue weighted by Crippen LogP contribution is 2.15. The van der Waals surface area contributed by atoms with Crippen LogP contribution >= 0.6 is 11.5 Å². The van der Waals surface area contributed by atoms with Crippen molar-refractivity contribution in [3.63, 3.8) is 0 Å². The first-order valence-electron chi connectivity index (χ1n) is 3.60. The summed E-state index contributed by atoms with van der Waals surface area (Å²) >= 11 is 1.46. The van der Waals surface area contributed by atoms with Gasteiger partial charge in [-0.05, 0) is 30.1 Å². The summed E-state index contributed by atoms with van der Waals surface area (Å²) in [5.74, 6) is 0. The molecule has 0 aliphatic heterocycles. The van der Waals surface area contributed by atoms with Crippen LogP contribution in [0.25, 0.3) is 10.2 Å². The van der Waals surface area contributed by atoms with E-state index in [0.717, 1.165) is 22.3 Å². The van der Waals surface area contributed by atoms with E-state index in [2.05, 4.69) is 28.4 Å². The molecule has 2 rings (SSSR count). The predicted octanol–water partition coefficient (Wildman–Crippen LogP) is 2.25. The Bertz CT molecular complexity index is 367.